The third-order valence-corrected chi connectivity index (χ3v) is 7.00. The minimum absolute atomic E-state index is 0.156. The van der Waals surface area contributed by atoms with Crippen LogP contribution in [0.2, 0.25) is 0 Å². The van der Waals surface area contributed by atoms with Crippen molar-refractivity contribution in [3.63, 3.8) is 0 Å². The SMILES string of the molecule is CCN1c2nc(Nc3ccc(N4CCN(C)CC4)cn3)ncc2N(C)C(=O)c2nc(C)sc21. The molecule has 0 radical (unpaired) electrons. The third kappa shape index (κ3) is 3.98. The standard InChI is InChI=1S/C22H27N9OS/c1-5-31-19-16(29(4)20(32)18-21(31)33-14(2)25-18)13-24-22(27-19)26-17-7-6-15(12-23-17)30-10-8-28(3)9-11-30/h6-7,12-13H,5,8-11H2,1-4H3,(H,23,24,26,27). The molecule has 172 valence electrons. The van der Waals surface area contributed by atoms with Crippen LogP contribution in [-0.4, -0.2) is 77.6 Å². The van der Waals surface area contributed by atoms with E-state index >= 15 is 0 Å². The molecule has 2 aliphatic heterocycles. The van der Waals surface area contributed by atoms with Gasteiger partial charge in [0, 0.05) is 39.8 Å². The first kappa shape index (κ1) is 21.5. The van der Waals surface area contributed by atoms with Crippen LogP contribution in [0.1, 0.15) is 22.4 Å². The van der Waals surface area contributed by atoms with Crippen molar-refractivity contribution in [3.05, 3.63) is 35.2 Å². The number of aromatic nitrogens is 4. The molecule has 0 spiro atoms. The Morgan fingerprint density at radius 1 is 1.06 bits per heavy atom. The van der Waals surface area contributed by atoms with Crippen LogP contribution < -0.4 is 20.0 Å². The lowest BCUT2D eigenvalue weighted by molar-refractivity contribution is 0.0990. The van der Waals surface area contributed by atoms with E-state index in [1.807, 2.05) is 31.0 Å². The van der Waals surface area contributed by atoms with E-state index in [0.717, 1.165) is 41.9 Å². The van der Waals surface area contributed by atoms with Crippen LogP contribution in [0, 0.1) is 6.92 Å². The van der Waals surface area contributed by atoms with Crippen molar-refractivity contribution in [2.45, 2.75) is 13.8 Å². The Kier molecular flexibility index (Phi) is 5.59. The summed E-state index contributed by atoms with van der Waals surface area (Å²) in [4.78, 5) is 39.5. The molecule has 0 aliphatic carbocycles. The monoisotopic (exact) mass is 465 g/mol. The second-order valence-electron chi connectivity index (χ2n) is 8.21. The Labute approximate surface area is 196 Å². The number of anilines is 6. The average molecular weight is 466 g/mol. The number of carbonyl (C=O) groups excluding carboxylic acids is 1. The highest BCUT2D eigenvalue weighted by Crippen LogP contribution is 2.41. The molecule has 1 N–H and O–H groups in total. The van der Waals surface area contributed by atoms with Crippen molar-refractivity contribution < 1.29 is 4.79 Å². The highest BCUT2D eigenvalue weighted by atomic mass is 32.1. The molecule has 1 fully saturated rings. The molecular formula is C22H27N9OS. The normalized spacial score (nSPS) is 16.5. The first-order chi connectivity index (χ1) is 15.9. The molecule has 0 saturated carbocycles. The van der Waals surface area contributed by atoms with Crippen LogP contribution >= 0.6 is 11.3 Å². The molecular weight excluding hydrogens is 438 g/mol. The first-order valence-corrected chi connectivity index (χ1v) is 11.8. The Bertz CT molecular complexity index is 1170. The number of fused-ring (bicyclic) bond motifs is 2. The molecule has 0 aromatic carbocycles. The lowest BCUT2D eigenvalue weighted by Crippen LogP contribution is -2.44. The number of amides is 1. The summed E-state index contributed by atoms with van der Waals surface area (Å²) in [6.07, 6.45) is 3.56. The number of likely N-dealkylation sites (N-methyl/N-ethyl adjacent to an activating group) is 1. The summed E-state index contributed by atoms with van der Waals surface area (Å²) in [6, 6.07) is 4.02. The summed E-state index contributed by atoms with van der Waals surface area (Å²) >= 11 is 1.50. The van der Waals surface area contributed by atoms with Gasteiger partial charge in [-0.3, -0.25) is 4.79 Å². The number of nitrogens with one attached hydrogen (secondary N) is 1. The third-order valence-electron chi connectivity index (χ3n) is 6.01. The highest BCUT2D eigenvalue weighted by molar-refractivity contribution is 7.16. The van der Waals surface area contributed by atoms with Gasteiger partial charge < -0.3 is 24.9 Å². The predicted molar refractivity (Wildman–Crippen MR) is 132 cm³/mol. The Morgan fingerprint density at radius 2 is 1.85 bits per heavy atom. The smallest absolute Gasteiger partial charge is 0.279 e. The second-order valence-corrected chi connectivity index (χ2v) is 9.40. The number of aryl methyl sites for hydroxylation is 1. The van der Waals surface area contributed by atoms with Crippen molar-refractivity contribution in [2.75, 3.05) is 66.8 Å². The number of pyridine rings is 1. The molecule has 2 aliphatic rings. The van der Waals surface area contributed by atoms with E-state index in [1.54, 1.807) is 18.1 Å². The topological polar surface area (TPSA) is 93.6 Å². The molecule has 0 unspecified atom stereocenters. The van der Waals surface area contributed by atoms with Gasteiger partial charge in [-0.15, -0.1) is 11.3 Å². The van der Waals surface area contributed by atoms with Crippen LogP contribution in [0.5, 0.6) is 0 Å². The summed E-state index contributed by atoms with van der Waals surface area (Å²) in [6.45, 7) is 8.69. The minimum atomic E-state index is -0.156. The van der Waals surface area contributed by atoms with E-state index < -0.39 is 0 Å². The van der Waals surface area contributed by atoms with E-state index in [2.05, 4.69) is 43.2 Å². The highest BCUT2D eigenvalue weighted by Gasteiger charge is 2.33. The van der Waals surface area contributed by atoms with Gasteiger partial charge in [0.1, 0.15) is 16.5 Å². The van der Waals surface area contributed by atoms with Crippen LogP contribution in [0.15, 0.2) is 24.5 Å². The molecule has 1 amide bonds. The average Bonchev–Trinajstić information content (AvgIpc) is 3.18. The van der Waals surface area contributed by atoms with Gasteiger partial charge in [-0.1, -0.05) is 0 Å². The number of carbonyl (C=O) groups is 1. The fraction of sp³-hybridized carbons (Fsp3) is 0.409. The number of thiazole rings is 1. The van der Waals surface area contributed by atoms with Crippen molar-refractivity contribution >= 4 is 51.2 Å². The van der Waals surface area contributed by atoms with E-state index in [1.165, 1.54) is 11.3 Å². The van der Waals surface area contributed by atoms with Crippen LogP contribution in [0.4, 0.5) is 34.0 Å². The lowest BCUT2D eigenvalue weighted by atomic mass is 10.3. The summed E-state index contributed by atoms with van der Waals surface area (Å²) in [5.74, 6) is 1.61. The first-order valence-electron chi connectivity index (χ1n) is 11.0. The van der Waals surface area contributed by atoms with Gasteiger partial charge in [0.25, 0.3) is 5.91 Å². The van der Waals surface area contributed by atoms with Crippen LogP contribution in [-0.2, 0) is 0 Å². The van der Waals surface area contributed by atoms with Crippen LogP contribution in [0.3, 0.4) is 0 Å². The van der Waals surface area contributed by atoms with Crippen molar-refractivity contribution in [1.82, 2.24) is 24.8 Å². The number of hydrogen-bond donors (Lipinski definition) is 1. The minimum Gasteiger partial charge on any atom is -0.368 e. The Morgan fingerprint density at radius 3 is 2.55 bits per heavy atom. The van der Waals surface area contributed by atoms with Crippen molar-refractivity contribution in [3.8, 4) is 0 Å². The summed E-state index contributed by atoms with van der Waals surface area (Å²) in [7, 11) is 3.88. The largest absolute Gasteiger partial charge is 0.368 e. The number of hydrogen-bond acceptors (Lipinski definition) is 10. The van der Waals surface area contributed by atoms with Gasteiger partial charge in [-0.25, -0.2) is 15.0 Å². The fourth-order valence-electron chi connectivity index (χ4n) is 4.08. The molecule has 3 aromatic rings. The quantitative estimate of drug-likeness (QED) is 0.624. The molecule has 10 nitrogen and oxygen atoms in total. The zero-order chi connectivity index (χ0) is 23.1. The van der Waals surface area contributed by atoms with Crippen molar-refractivity contribution in [2.24, 2.45) is 0 Å². The molecule has 33 heavy (non-hydrogen) atoms. The summed E-state index contributed by atoms with van der Waals surface area (Å²) in [5.41, 5.74) is 2.21. The Hall–Kier alpha value is -3.31. The molecule has 11 heteroatoms. The molecule has 5 heterocycles. The second kappa shape index (κ2) is 8.56. The van der Waals surface area contributed by atoms with Crippen LogP contribution in [0.25, 0.3) is 0 Å². The molecule has 0 atom stereocenters. The van der Waals surface area contributed by atoms with Gasteiger partial charge in [-0.2, -0.15) is 4.98 Å². The maximum Gasteiger partial charge on any atom is 0.279 e. The maximum absolute atomic E-state index is 13.0. The van der Waals surface area contributed by atoms with Gasteiger partial charge >= 0.3 is 0 Å². The fourth-order valence-corrected chi connectivity index (χ4v) is 5.06. The van der Waals surface area contributed by atoms with Crippen molar-refractivity contribution in [1.29, 1.82) is 0 Å². The Balaban J connectivity index is 1.42. The van der Waals surface area contributed by atoms with Gasteiger partial charge in [-0.05, 0) is 33.0 Å². The summed E-state index contributed by atoms with van der Waals surface area (Å²) in [5, 5.41) is 4.87. The molecule has 3 aromatic heterocycles. The molecule has 5 rings (SSSR count). The zero-order valence-corrected chi connectivity index (χ0v) is 20.1. The van der Waals surface area contributed by atoms with E-state index in [4.69, 9.17) is 4.98 Å². The number of rotatable bonds is 4. The van der Waals surface area contributed by atoms with Gasteiger partial charge in [0.15, 0.2) is 11.5 Å². The molecule has 0 bridgehead atoms. The van der Waals surface area contributed by atoms with E-state index in [-0.39, 0.29) is 5.91 Å². The van der Waals surface area contributed by atoms with Gasteiger partial charge in [0.2, 0.25) is 5.95 Å². The number of piperazine rings is 1. The summed E-state index contributed by atoms with van der Waals surface area (Å²) < 4.78 is 0. The molecule has 1 saturated heterocycles. The maximum atomic E-state index is 13.0. The lowest BCUT2D eigenvalue weighted by Gasteiger charge is -2.33. The zero-order valence-electron chi connectivity index (χ0n) is 19.2. The van der Waals surface area contributed by atoms with Gasteiger partial charge in [0.05, 0.1) is 23.1 Å². The number of nitrogens with zero attached hydrogens (tertiary/aromatic N) is 8. The predicted octanol–water partition coefficient (Wildman–Crippen LogP) is 2.88. The van der Waals surface area contributed by atoms with E-state index in [0.29, 0.717) is 35.5 Å². The van der Waals surface area contributed by atoms with E-state index in [9.17, 15) is 4.79 Å².